The van der Waals surface area contributed by atoms with E-state index in [9.17, 15) is 0 Å². The van der Waals surface area contributed by atoms with Crippen LogP contribution < -0.4 is 11.1 Å². The topological polar surface area (TPSA) is 73.9 Å². The maximum absolute atomic E-state index is 8.77. The standard InChI is InChI=1S/C15H24N4O/c1-19-8-7-12(11-19)10-17-14(9-15(16)18-20)13-5-3-2-4-6-13/h2-6,12,14,17,20H,7-11H2,1H3,(H2,16,18). The monoisotopic (exact) mass is 276 g/mol. The van der Waals surface area contributed by atoms with Crippen molar-refractivity contribution in [2.24, 2.45) is 16.8 Å². The second-order valence-electron chi connectivity index (χ2n) is 5.58. The Labute approximate surface area is 120 Å². The van der Waals surface area contributed by atoms with Gasteiger partial charge in [0.25, 0.3) is 0 Å². The summed E-state index contributed by atoms with van der Waals surface area (Å²) in [6.07, 6.45) is 1.75. The Morgan fingerprint density at radius 2 is 2.25 bits per heavy atom. The Balaban J connectivity index is 1.96. The normalized spacial score (nSPS) is 22.1. The van der Waals surface area contributed by atoms with Crippen molar-refractivity contribution in [3.63, 3.8) is 0 Å². The summed E-state index contributed by atoms with van der Waals surface area (Å²) in [4.78, 5) is 2.35. The third-order valence-corrected chi connectivity index (χ3v) is 3.89. The number of nitrogens with one attached hydrogen (secondary N) is 1. The van der Waals surface area contributed by atoms with Crippen molar-refractivity contribution < 1.29 is 5.21 Å². The van der Waals surface area contributed by atoms with E-state index in [0.29, 0.717) is 12.3 Å². The van der Waals surface area contributed by atoms with Crippen LogP contribution in [-0.4, -0.2) is 42.6 Å². The summed E-state index contributed by atoms with van der Waals surface area (Å²) in [6.45, 7) is 3.27. The summed E-state index contributed by atoms with van der Waals surface area (Å²) in [5.41, 5.74) is 6.84. The van der Waals surface area contributed by atoms with Crippen molar-refractivity contribution in [2.75, 3.05) is 26.7 Å². The number of amidine groups is 1. The summed E-state index contributed by atoms with van der Waals surface area (Å²) in [6, 6.07) is 10.3. The van der Waals surface area contributed by atoms with Gasteiger partial charge in [-0.3, -0.25) is 0 Å². The number of nitrogens with zero attached hydrogens (tertiary/aromatic N) is 2. The SMILES string of the molecule is CN1CCC(CNC(CC(N)=NO)c2ccccc2)C1. The summed E-state index contributed by atoms with van der Waals surface area (Å²) in [5.74, 6) is 0.938. The molecule has 110 valence electrons. The fourth-order valence-electron chi connectivity index (χ4n) is 2.75. The second-order valence-corrected chi connectivity index (χ2v) is 5.58. The van der Waals surface area contributed by atoms with Crippen LogP contribution in [0.1, 0.15) is 24.4 Å². The summed E-state index contributed by atoms with van der Waals surface area (Å²) in [7, 11) is 2.16. The van der Waals surface area contributed by atoms with Gasteiger partial charge in [0.15, 0.2) is 0 Å². The van der Waals surface area contributed by atoms with Crippen molar-refractivity contribution in [2.45, 2.75) is 18.9 Å². The first-order valence-corrected chi connectivity index (χ1v) is 7.12. The molecule has 2 rings (SSSR count). The molecular weight excluding hydrogens is 252 g/mol. The highest BCUT2D eigenvalue weighted by Gasteiger charge is 2.21. The average Bonchev–Trinajstić information content (AvgIpc) is 2.89. The van der Waals surface area contributed by atoms with Gasteiger partial charge in [0.2, 0.25) is 0 Å². The molecule has 1 aromatic carbocycles. The van der Waals surface area contributed by atoms with Gasteiger partial charge in [-0.1, -0.05) is 35.5 Å². The minimum absolute atomic E-state index is 0.0954. The Bertz CT molecular complexity index is 435. The van der Waals surface area contributed by atoms with Crippen LogP contribution in [0.4, 0.5) is 0 Å². The quantitative estimate of drug-likeness (QED) is 0.318. The van der Waals surface area contributed by atoms with E-state index in [0.717, 1.165) is 13.1 Å². The number of nitrogens with two attached hydrogens (primary N) is 1. The highest BCUT2D eigenvalue weighted by molar-refractivity contribution is 5.80. The number of hydrogen-bond acceptors (Lipinski definition) is 4. The molecule has 1 aliphatic rings. The number of oxime groups is 1. The van der Waals surface area contributed by atoms with Gasteiger partial charge in [-0.05, 0) is 38.0 Å². The Kier molecular flexibility index (Phi) is 5.38. The van der Waals surface area contributed by atoms with Crippen molar-refractivity contribution in [1.29, 1.82) is 0 Å². The molecule has 0 spiro atoms. The molecule has 0 amide bonds. The molecular formula is C15H24N4O. The molecule has 2 atom stereocenters. The number of likely N-dealkylation sites (tertiary alicyclic amines) is 1. The zero-order chi connectivity index (χ0) is 14.4. The molecule has 5 heteroatoms. The van der Waals surface area contributed by atoms with Gasteiger partial charge in [0.1, 0.15) is 5.84 Å². The first-order valence-electron chi connectivity index (χ1n) is 7.12. The molecule has 0 bridgehead atoms. The zero-order valence-electron chi connectivity index (χ0n) is 12.0. The van der Waals surface area contributed by atoms with Crippen LogP contribution >= 0.6 is 0 Å². The maximum atomic E-state index is 8.77. The molecule has 0 aliphatic carbocycles. The summed E-state index contributed by atoms with van der Waals surface area (Å²) < 4.78 is 0. The number of benzene rings is 1. The van der Waals surface area contributed by atoms with Crippen molar-refractivity contribution >= 4 is 5.84 Å². The highest BCUT2D eigenvalue weighted by Crippen LogP contribution is 2.19. The summed E-state index contributed by atoms with van der Waals surface area (Å²) >= 11 is 0. The highest BCUT2D eigenvalue weighted by atomic mass is 16.4. The van der Waals surface area contributed by atoms with Crippen molar-refractivity contribution in [1.82, 2.24) is 10.2 Å². The molecule has 1 aromatic rings. The van der Waals surface area contributed by atoms with Crippen LogP contribution in [-0.2, 0) is 0 Å². The van der Waals surface area contributed by atoms with Gasteiger partial charge in [-0.2, -0.15) is 0 Å². The lowest BCUT2D eigenvalue weighted by molar-refractivity contribution is 0.315. The van der Waals surface area contributed by atoms with Gasteiger partial charge in [0, 0.05) is 19.0 Å². The van der Waals surface area contributed by atoms with Crippen molar-refractivity contribution in [3.8, 4) is 0 Å². The minimum Gasteiger partial charge on any atom is -0.409 e. The van der Waals surface area contributed by atoms with E-state index in [1.165, 1.54) is 18.5 Å². The third kappa shape index (κ3) is 4.21. The third-order valence-electron chi connectivity index (χ3n) is 3.89. The molecule has 5 nitrogen and oxygen atoms in total. The van der Waals surface area contributed by atoms with Gasteiger partial charge < -0.3 is 21.2 Å². The van der Waals surface area contributed by atoms with Crippen LogP contribution in [0.5, 0.6) is 0 Å². The molecule has 4 N–H and O–H groups in total. The number of rotatable bonds is 6. The second kappa shape index (κ2) is 7.26. The number of hydrogen-bond donors (Lipinski definition) is 3. The molecule has 0 radical (unpaired) electrons. The first-order chi connectivity index (χ1) is 9.69. The van der Waals surface area contributed by atoms with E-state index in [-0.39, 0.29) is 11.9 Å². The molecule has 2 unspecified atom stereocenters. The van der Waals surface area contributed by atoms with Gasteiger partial charge in [-0.25, -0.2) is 0 Å². The largest absolute Gasteiger partial charge is 0.409 e. The average molecular weight is 276 g/mol. The van der Waals surface area contributed by atoms with Crippen LogP contribution in [0.2, 0.25) is 0 Å². The van der Waals surface area contributed by atoms with Gasteiger partial charge in [0.05, 0.1) is 0 Å². The molecule has 1 aliphatic heterocycles. The van der Waals surface area contributed by atoms with Crippen LogP contribution in [0.15, 0.2) is 35.5 Å². The molecule has 1 heterocycles. The molecule has 1 saturated heterocycles. The van der Waals surface area contributed by atoms with Crippen LogP contribution in [0.3, 0.4) is 0 Å². The minimum atomic E-state index is 0.0954. The fraction of sp³-hybridized carbons (Fsp3) is 0.533. The van der Waals surface area contributed by atoms with E-state index in [1.807, 2.05) is 18.2 Å². The predicted octanol–water partition coefficient (Wildman–Crippen LogP) is 1.41. The van der Waals surface area contributed by atoms with Gasteiger partial charge >= 0.3 is 0 Å². The van der Waals surface area contributed by atoms with E-state index >= 15 is 0 Å². The van der Waals surface area contributed by atoms with Crippen LogP contribution in [0.25, 0.3) is 0 Å². The molecule has 1 fully saturated rings. The molecule has 0 saturated carbocycles. The fourth-order valence-corrected chi connectivity index (χ4v) is 2.75. The van der Waals surface area contributed by atoms with E-state index < -0.39 is 0 Å². The lowest BCUT2D eigenvalue weighted by atomic mass is 10.0. The van der Waals surface area contributed by atoms with E-state index in [4.69, 9.17) is 10.9 Å². The molecule has 20 heavy (non-hydrogen) atoms. The van der Waals surface area contributed by atoms with Crippen molar-refractivity contribution in [3.05, 3.63) is 35.9 Å². The lowest BCUT2D eigenvalue weighted by Gasteiger charge is -2.21. The lowest BCUT2D eigenvalue weighted by Crippen LogP contribution is -2.31. The van der Waals surface area contributed by atoms with Gasteiger partial charge in [-0.15, -0.1) is 0 Å². The Hall–Kier alpha value is -1.59. The predicted molar refractivity (Wildman–Crippen MR) is 80.8 cm³/mol. The Morgan fingerprint density at radius 1 is 1.50 bits per heavy atom. The summed E-state index contributed by atoms with van der Waals surface area (Å²) in [5, 5.41) is 15.4. The Morgan fingerprint density at radius 3 is 2.85 bits per heavy atom. The molecule has 0 aromatic heterocycles. The smallest absolute Gasteiger partial charge is 0.141 e. The maximum Gasteiger partial charge on any atom is 0.141 e. The zero-order valence-corrected chi connectivity index (χ0v) is 12.0. The van der Waals surface area contributed by atoms with E-state index in [2.05, 4.69) is 34.6 Å². The first kappa shape index (κ1) is 14.8. The van der Waals surface area contributed by atoms with E-state index in [1.54, 1.807) is 0 Å². The van der Waals surface area contributed by atoms with Crippen LogP contribution in [0, 0.1) is 5.92 Å².